The summed E-state index contributed by atoms with van der Waals surface area (Å²) in [7, 11) is 1.97. The summed E-state index contributed by atoms with van der Waals surface area (Å²) in [5, 5.41) is 7.42. The van der Waals surface area contributed by atoms with Gasteiger partial charge < -0.3 is 10.1 Å². The topological polar surface area (TPSA) is 21.3 Å². The molecule has 0 spiro atoms. The van der Waals surface area contributed by atoms with Gasteiger partial charge in [-0.1, -0.05) is 18.2 Å². The molecular weight excluding hydrogens is 230 g/mol. The zero-order valence-corrected chi connectivity index (χ0v) is 10.7. The van der Waals surface area contributed by atoms with Gasteiger partial charge in [-0.2, -0.15) is 11.3 Å². The maximum absolute atomic E-state index is 6.03. The molecule has 1 aromatic heterocycles. The minimum absolute atomic E-state index is 0.135. The molecule has 1 N–H and O–H groups in total. The average molecular weight is 247 g/mol. The van der Waals surface area contributed by atoms with Gasteiger partial charge in [0, 0.05) is 12.0 Å². The first kappa shape index (κ1) is 12.1. The lowest BCUT2D eigenvalue weighted by atomic mass is 10.1. The van der Waals surface area contributed by atoms with Crippen LogP contribution in [0.25, 0.3) is 0 Å². The summed E-state index contributed by atoms with van der Waals surface area (Å²) < 4.78 is 6.03. The van der Waals surface area contributed by atoms with Crippen molar-refractivity contribution in [2.45, 2.75) is 12.5 Å². The maximum atomic E-state index is 6.03. The van der Waals surface area contributed by atoms with E-state index >= 15 is 0 Å². The molecule has 90 valence electrons. The van der Waals surface area contributed by atoms with Gasteiger partial charge in [0.05, 0.1) is 0 Å². The Hall–Kier alpha value is -1.32. The second kappa shape index (κ2) is 6.42. The smallest absolute Gasteiger partial charge is 0.126 e. The van der Waals surface area contributed by atoms with Gasteiger partial charge in [-0.25, -0.2) is 0 Å². The highest BCUT2D eigenvalue weighted by molar-refractivity contribution is 7.07. The summed E-state index contributed by atoms with van der Waals surface area (Å²) in [6.07, 6.45) is 1.11. The summed E-state index contributed by atoms with van der Waals surface area (Å²) in [4.78, 5) is 0. The first-order valence-electron chi connectivity index (χ1n) is 5.78. The van der Waals surface area contributed by atoms with Crippen LogP contribution >= 0.6 is 11.3 Å². The quantitative estimate of drug-likeness (QED) is 0.844. The average Bonchev–Trinajstić information content (AvgIpc) is 2.89. The van der Waals surface area contributed by atoms with Crippen molar-refractivity contribution >= 4 is 11.3 Å². The Morgan fingerprint density at radius 3 is 2.71 bits per heavy atom. The fourth-order valence-electron chi connectivity index (χ4n) is 1.69. The van der Waals surface area contributed by atoms with Crippen LogP contribution in [0.1, 0.15) is 18.1 Å². The van der Waals surface area contributed by atoms with Gasteiger partial charge in [-0.05, 0) is 42.6 Å². The van der Waals surface area contributed by atoms with E-state index < -0.39 is 0 Å². The molecule has 2 rings (SSSR count). The molecule has 2 nitrogen and oxygen atoms in total. The van der Waals surface area contributed by atoms with Crippen LogP contribution in [0.2, 0.25) is 0 Å². The molecule has 0 bridgehead atoms. The summed E-state index contributed by atoms with van der Waals surface area (Å²) >= 11 is 1.71. The fraction of sp³-hybridized carbons (Fsp3) is 0.286. The Bertz CT molecular complexity index is 413. The molecule has 1 atom stereocenters. The third kappa shape index (κ3) is 3.58. The van der Waals surface area contributed by atoms with Crippen LogP contribution in [0.5, 0.6) is 5.75 Å². The van der Waals surface area contributed by atoms with Crippen LogP contribution in [0.3, 0.4) is 0 Å². The minimum Gasteiger partial charge on any atom is -0.486 e. The van der Waals surface area contributed by atoms with Crippen molar-refractivity contribution < 1.29 is 4.74 Å². The van der Waals surface area contributed by atoms with Crippen molar-refractivity contribution in [2.24, 2.45) is 0 Å². The van der Waals surface area contributed by atoms with E-state index in [1.54, 1.807) is 11.3 Å². The SMILES string of the molecule is CNCCC(Oc1ccccc1)c1ccsc1. The molecule has 0 saturated heterocycles. The van der Waals surface area contributed by atoms with E-state index in [9.17, 15) is 0 Å². The van der Waals surface area contributed by atoms with Gasteiger partial charge in [-0.3, -0.25) is 0 Å². The highest BCUT2D eigenvalue weighted by Crippen LogP contribution is 2.25. The monoisotopic (exact) mass is 247 g/mol. The van der Waals surface area contributed by atoms with E-state index in [0.29, 0.717) is 0 Å². The maximum Gasteiger partial charge on any atom is 0.126 e. The lowest BCUT2D eigenvalue weighted by molar-refractivity contribution is 0.195. The molecule has 0 aliphatic carbocycles. The van der Waals surface area contributed by atoms with Crippen molar-refractivity contribution in [3.63, 3.8) is 0 Å². The lowest BCUT2D eigenvalue weighted by Gasteiger charge is -2.18. The Kier molecular flexibility index (Phi) is 4.59. The molecule has 0 radical (unpaired) electrons. The van der Waals surface area contributed by atoms with Crippen LogP contribution in [-0.2, 0) is 0 Å². The van der Waals surface area contributed by atoms with Gasteiger partial charge in [0.2, 0.25) is 0 Å². The van der Waals surface area contributed by atoms with Gasteiger partial charge in [0.15, 0.2) is 0 Å². The molecule has 2 aromatic rings. The molecule has 1 unspecified atom stereocenters. The second-order valence-corrected chi connectivity index (χ2v) is 4.65. The molecule has 0 aliphatic heterocycles. The largest absolute Gasteiger partial charge is 0.486 e. The molecule has 0 amide bonds. The molecule has 17 heavy (non-hydrogen) atoms. The van der Waals surface area contributed by atoms with Gasteiger partial charge in [-0.15, -0.1) is 0 Å². The first-order valence-corrected chi connectivity index (χ1v) is 6.73. The number of hydrogen-bond donors (Lipinski definition) is 1. The second-order valence-electron chi connectivity index (χ2n) is 3.87. The summed E-state index contributed by atoms with van der Waals surface area (Å²) in [6, 6.07) is 12.1. The molecule has 0 fully saturated rings. The van der Waals surface area contributed by atoms with Crippen LogP contribution in [0.15, 0.2) is 47.2 Å². The number of nitrogens with one attached hydrogen (secondary N) is 1. The van der Waals surface area contributed by atoms with E-state index in [1.807, 2.05) is 37.4 Å². The molecule has 0 aliphatic rings. The van der Waals surface area contributed by atoms with E-state index in [2.05, 4.69) is 22.1 Å². The van der Waals surface area contributed by atoms with Crippen molar-refractivity contribution in [3.8, 4) is 5.75 Å². The summed E-state index contributed by atoms with van der Waals surface area (Å²) in [5.41, 5.74) is 1.26. The Balaban J connectivity index is 2.06. The Morgan fingerprint density at radius 1 is 1.24 bits per heavy atom. The molecule has 3 heteroatoms. The van der Waals surface area contributed by atoms with Gasteiger partial charge in [0.1, 0.15) is 11.9 Å². The molecule has 1 heterocycles. The van der Waals surface area contributed by atoms with Crippen LogP contribution in [0.4, 0.5) is 0 Å². The Labute approximate surface area is 106 Å². The van der Waals surface area contributed by atoms with Crippen molar-refractivity contribution in [1.29, 1.82) is 0 Å². The molecular formula is C14H17NOS. The lowest BCUT2D eigenvalue weighted by Crippen LogP contribution is -2.15. The Morgan fingerprint density at radius 2 is 2.06 bits per heavy atom. The van der Waals surface area contributed by atoms with Crippen molar-refractivity contribution in [3.05, 3.63) is 52.7 Å². The third-order valence-electron chi connectivity index (χ3n) is 2.59. The van der Waals surface area contributed by atoms with Crippen molar-refractivity contribution in [2.75, 3.05) is 13.6 Å². The van der Waals surface area contributed by atoms with Crippen LogP contribution < -0.4 is 10.1 Å². The number of thiophene rings is 1. The fourth-order valence-corrected chi connectivity index (χ4v) is 2.39. The summed E-state index contributed by atoms with van der Waals surface area (Å²) in [6.45, 7) is 0.952. The number of hydrogen-bond acceptors (Lipinski definition) is 3. The zero-order chi connectivity index (χ0) is 11.9. The number of ether oxygens (including phenoxy) is 1. The van der Waals surface area contributed by atoms with E-state index in [1.165, 1.54) is 5.56 Å². The minimum atomic E-state index is 0.135. The summed E-state index contributed by atoms with van der Waals surface area (Å²) in [5.74, 6) is 0.930. The highest BCUT2D eigenvalue weighted by atomic mass is 32.1. The third-order valence-corrected chi connectivity index (χ3v) is 3.29. The molecule has 0 saturated carbocycles. The first-order chi connectivity index (χ1) is 8.40. The van der Waals surface area contributed by atoms with E-state index in [-0.39, 0.29) is 6.10 Å². The number of para-hydroxylation sites is 1. The highest BCUT2D eigenvalue weighted by Gasteiger charge is 2.13. The van der Waals surface area contributed by atoms with Crippen LogP contribution in [0, 0.1) is 0 Å². The van der Waals surface area contributed by atoms with Crippen LogP contribution in [-0.4, -0.2) is 13.6 Å². The zero-order valence-electron chi connectivity index (χ0n) is 9.93. The van der Waals surface area contributed by atoms with Gasteiger partial charge in [0.25, 0.3) is 0 Å². The van der Waals surface area contributed by atoms with Gasteiger partial charge >= 0.3 is 0 Å². The molecule has 1 aromatic carbocycles. The number of benzene rings is 1. The number of rotatable bonds is 6. The van der Waals surface area contributed by atoms with E-state index in [4.69, 9.17) is 4.74 Å². The predicted molar refractivity (Wildman–Crippen MR) is 72.7 cm³/mol. The standard InChI is InChI=1S/C14H17NOS/c1-15-9-7-14(12-8-10-17-11-12)16-13-5-3-2-4-6-13/h2-6,8,10-11,14-15H,7,9H2,1H3. The van der Waals surface area contributed by atoms with E-state index in [0.717, 1.165) is 18.7 Å². The predicted octanol–water partition coefficient (Wildman–Crippen LogP) is 3.48. The normalized spacial score (nSPS) is 12.3. The van der Waals surface area contributed by atoms with Crippen molar-refractivity contribution in [1.82, 2.24) is 5.32 Å².